The van der Waals surface area contributed by atoms with Crippen molar-refractivity contribution in [2.45, 2.75) is 51.5 Å². The second-order valence-corrected chi connectivity index (χ2v) is 6.09. The Labute approximate surface area is 101 Å². The summed E-state index contributed by atoms with van der Waals surface area (Å²) in [5.41, 5.74) is 0. The van der Waals surface area contributed by atoms with Crippen LogP contribution in [0.5, 0.6) is 0 Å². The van der Waals surface area contributed by atoms with E-state index in [2.05, 4.69) is 24.2 Å². The van der Waals surface area contributed by atoms with E-state index in [1.54, 1.807) is 0 Å². The van der Waals surface area contributed by atoms with Crippen molar-refractivity contribution in [1.29, 1.82) is 0 Å². The molecule has 94 valence electrons. The second kappa shape index (κ2) is 6.02. The highest BCUT2D eigenvalue weighted by Gasteiger charge is 2.21. The molecule has 1 aliphatic carbocycles. The van der Waals surface area contributed by atoms with Crippen LogP contribution in [0, 0.1) is 11.8 Å². The first kappa shape index (κ1) is 12.4. The molecular formula is C14H28N2. The molecule has 1 saturated carbocycles. The lowest BCUT2D eigenvalue weighted by atomic mass is 9.81. The van der Waals surface area contributed by atoms with Gasteiger partial charge in [-0.1, -0.05) is 19.3 Å². The third-order valence-electron chi connectivity index (χ3n) is 4.50. The van der Waals surface area contributed by atoms with Crippen molar-refractivity contribution in [2.75, 3.05) is 26.7 Å². The molecule has 1 saturated heterocycles. The maximum atomic E-state index is 3.75. The standard InChI is InChI=1S/C14H28N2/c1-12(10-13-4-3-5-13)15-11-14-6-8-16(2)9-7-14/h12-15H,3-11H2,1-2H3. The van der Waals surface area contributed by atoms with Gasteiger partial charge in [-0.25, -0.2) is 0 Å². The van der Waals surface area contributed by atoms with E-state index in [9.17, 15) is 0 Å². The zero-order chi connectivity index (χ0) is 11.4. The molecule has 0 aromatic heterocycles. The number of nitrogens with one attached hydrogen (secondary N) is 1. The van der Waals surface area contributed by atoms with Crippen molar-refractivity contribution in [1.82, 2.24) is 10.2 Å². The number of likely N-dealkylation sites (tertiary alicyclic amines) is 1. The van der Waals surface area contributed by atoms with Crippen LogP contribution in [-0.2, 0) is 0 Å². The van der Waals surface area contributed by atoms with Crippen LogP contribution in [0.4, 0.5) is 0 Å². The highest BCUT2D eigenvalue weighted by atomic mass is 15.1. The minimum atomic E-state index is 0.741. The predicted octanol–water partition coefficient (Wildman–Crippen LogP) is 2.50. The molecular weight excluding hydrogens is 196 g/mol. The molecule has 1 heterocycles. The van der Waals surface area contributed by atoms with E-state index in [1.165, 1.54) is 58.2 Å². The average Bonchev–Trinajstić information content (AvgIpc) is 2.23. The average molecular weight is 224 g/mol. The molecule has 1 N–H and O–H groups in total. The Hall–Kier alpha value is -0.0800. The minimum absolute atomic E-state index is 0.741. The minimum Gasteiger partial charge on any atom is -0.314 e. The van der Waals surface area contributed by atoms with Gasteiger partial charge in [0.25, 0.3) is 0 Å². The molecule has 0 bridgehead atoms. The van der Waals surface area contributed by atoms with Crippen molar-refractivity contribution < 1.29 is 0 Å². The molecule has 0 amide bonds. The summed E-state index contributed by atoms with van der Waals surface area (Å²) >= 11 is 0. The summed E-state index contributed by atoms with van der Waals surface area (Å²) in [7, 11) is 2.24. The van der Waals surface area contributed by atoms with E-state index in [-0.39, 0.29) is 0 Å². The normalized spacial score (nSPS) is 26.6. The van der Waals surface area contributed by atoms with Crippen molar-refractivity contribution >= 4 is 0 Å². The molecule has 1 atom stereocenters. The molecule has 1 aliphatic heterocycles. The van der Waals surface area contributed by atoms with Gasteiger partial charge in [0.2, 0.25) is 0 Å². The monoisotopic (exact) mass is 224 g/mol. The number of piperidine rings is 1. The summed E-state index contributed by atoms with van der Waals surface area (Å²) in [4.78, 5) is 2.45. The SMILES string of the molecule is CC(CC1CCC1)NCC1CCN(C)CC1. The van der Waals surface area contributed by atoms with Crippen LogP contribution in [0.2, 0.25) is 0 Å². The molecule has 1 unspecified atom stereocenters. The predicted molar refractivity (Wildman–Crippen MR) is 69.6 cm³/mol. The highest BCUT2D eigenvalue weighted by molar-refractivity contribution is 4.77. The fourth-order valence-corrected chi connectivity index (χ4v) is 2.95. The molecule has 0 aromatic rings. The van der Waals surface area contributed by atoms with Crippen LogP contribution in [0.15, 0.2) is 0 Å². The van der Waals surface area contributed by atoms with Gasteiger partial charge in [-0.15, -0.1) is 0 Å². The third kappa shape index (κ3) is 3.74. The van der Waals surface area contributed by atoms with Crippen molar-refractivity contribution in [2.24, 2.45) is 11.8 Å². The summed E-state index contributed by atoms with van der Waals surface area (Å²) in [5, 5.41) is 3.75. The zero-order valence-electron chi connectivity index (χ0n) is 11.0. The lowest BCUT2D eigenvalue weighted by Gasteiger charge is -2.32. The molecule has 16 heavy (non-hydrogen) atoms. The Morgan fingerprint density at radius 3 is 2.38 bits per heavy atom. The summed E-state index contributed by atoms with van der Waals surface area (Å²) in [6.07, 6.45) is 8.64. The fourth-order valence-electron chi connectivity index (χ4n) is 2.95. The van der Waals surface area contributed by atoms with E-state index in [0.29, 0.717) is 0 Å². The van der Waals surface area contributed by atoms with E-state index in [1.807, 2.05) is 0 Å². The summed E-state index contributed by atoms with van der Waals surface area (Å²) < 4.78 is 0. The van der Waals surface area contributed by atoms with Crippen LogP contribution in [0.25, 0.3) is 0 Å². The zero-order valence-corrected chi connectivity index (χ0v) is 11.0. The van der Waals surface area contributed by atoms with Gasteiger partial charge >= 0.3 is 0 Å². The van der Waals surface area contributed by atoms with Gasteiger partial charge in [-0.2, -0.15) is 0 Å². The van der Waals surface area contributed by atoms with E-state index < -0.39 is 0 Å². The second-order valence-electron chi connectivity index (χ2n) is 6.09. The molecule has 2 nitrogen and oxygen atoms in total. The molecule has 0 spiro atoms. The Kier molecular flexibility index (Phi) is 4.66. The van der Waals surface area contributed by atoms with E-state index in [4.69, 9.17) is 0 Å². The fraction of sp³-hybridized carbons (Fsp3) is 1.00. The van der Waals surface area contributed by atoms with Crippen molar-refractivity contribution in [3.05, 3.63) is 0 Å². The molecule has 2 fully saturated rings. The van der Waals surface area contributed by atoms with Gasteiger partial charge in [-0.05, 0) is 64.7 Å². The maximum absolute atomic E-state index is 3.75. The Balaban J connectivity index is 1.55. The van der Waals surface area contributed by atoms with Crippen LogP contribution >= 0.6 is 0 Å². The van der Waals surface area contributed by atoms with Crippen LogP contribution in [-0.4, -0.2) is 37.6 Å². The Bertz CT molecular complexity index is 193. The van der Waals surface area contributed by atoms with Crippen LogP contribution in [0.1, 0.15) is 45.4 Å². The Morgan fingerprint density at radius 1 is 1.12 bits per heavy atom. The number of nitrogens with zero attached hydrogens (tertiary/aromatic N) is 1. The van der Waals surface area contributed by atoms with Gasteiger partial charge in [0.1, 0.15) is 0 Å². The van der Waals surface area contributed by atoms with Gasteiger partial charge in [0.15, 0.2) is 0 Å². The van der Waals surface area contributed by atoms with E-state index >= 15 is 0 Å². The van der Waals surface area contributed by atoms with Crippen LogP contribution in [0.3, 0.4) is 0 Å². The van der Waals surface area contributed by atoms with Gasteiger partial charge in [-0.3, -0.25) is 0 Å². The quantitative estimate of drug-likeness (QED) is 0.772. The summed E-state index contributed by atoms with van der Waals surface area (Å²) in [6, 6.07) is 0.741. The molecule has 2 rings (SSSR count). The topological polar surface area (TPSA) is 15.3 Å². The molecule has 2 aliphatic rings. The largest absolute Gasteiger partial charge is 0.314 e. The number of hydrogen-bond acceptors (Lipinski definition) is 2. The van der Waals surface area contributed by atoms with Gasteiger partial charge < -0.3 is 10.2 Å². The number of hydrogen-bond donors (Lipinski definition) is 1. The number of rotatable bonds is 5. The summed E-state index contributed by atoms with van der Waals surface area (Å²) in [5.74, 6) is 1.97. The van der Waals surface area contributed by atoms with Crippen LogP contribution < -0.4 is 5.32 Å². The van der Waals surface area contributed by atoms with Crippen molar-refractivity contribution in [3.8, 4) is 0 Å². The van der Waals surface area contributed by atoms with Gasteiger partial charge in [0.05, 0.1) is 0 Å². The smallest absolute Gasteiger partial charge is 0.00414 e. The highest BCUT2D eigenvalue weighted by Crippen LogP contribution is 2.30. The Morgan fingerprint density at radius 2 is 1.81 bits per heavy atom. The first-order chi connectivity index (χ1) is 7.74. The van der Waals surface area contributed by atoms with Crippen molar-refractivity contribution in [3.63, 3.8) is 0 Å². The lowest BCUT2D eigenvalue weighted by molar-refractivity contribution is 0.206. The van der Waals surface area contributed by atoms with Gasteiger partial charge in [0, 0.05) is 6.04 Å². The van der Waals surface area contributed by atoms with E-state index in [0.717, 1.165) is 17.9 Å². The maximum Gasteiger partial charge on any atom is 0.00414 e. The molecule has 0 radical (unpaired) electrons. The third-order valence-corrected chi connectivity index (χ3v) is 4.50. The lowest BCUT2D eigenvalue weighted by Crippen LogP contribution is -2.38. The molecule has 0 aromatic carbocycles. The first-order valence-electron chi connectivity index (χ1n) is 7.16. The molecule has 2 heteroatoms. The summed E-state index contributed by atoms with van der Waals surface area (Å²) in [6.45, 7) is 6.21. The first-order valence-corrected chi connectivity index (χ1v) is 7.16.